The number of para-hydroxylation sites is 1. The number of nitrogens with zero attached hydrogens (tertiary/aromatic N) is 3. The molecular weight excluding hydrogens is 390 g/mol. The Balaban J connectivity index is 1.22. The minimum absolute atomic E-state index is 0.0681. The maximum Gasteiger partial charge on any atom is 0.309 e. The number of carbonyl (C=O) groups is 1. The molecule has 1 aliphatic carbocycles. The zero-order valence-corrected chi connectivity index (χ0v) is 17.9. The Bertz CT molecular complexity index is 964. The number of aryl methyl sites for hydroxylation is 2. The highest BCUT2D eigenvalue weighted by Gasteiger charge is 2.28. The van der Waals surface area contributed by atoms with E-state index in [1.54, 1.807) is 0 Å². The van der Waals surface area contributed by atoms with Gasteiger partial charge in [0, 0.05) is 13.5 Å². The Morgan fingerprint density at radius 2 is 1.55 bits per heavy atom. The summed E-state index contributed by atoms with van der Waals surface area (Å²) in [5, 5.41) is 8.50. The molecule has 0 saturated heterocycles. The van der Waals surface area contributed by atoms with Gasteiger partial charge < -0.3 is 14.0 Å². The highest BCUT2D eigenvalue weighted by Crippen LogP contribution is 2.28. The van der Waals surface area contributed by atoms with E-state index in [1.807, 2.05) is 60.1 Å². The number of aromatic nitrogens is 3. The third-order valence-electron chi connectivity index (χ3n) is 5.93. The molecular formula is C25H29N3O3. The van der Waals surface area contributed by atoms with Crippen molar-refractivity contribution in [3.63, 3.8) is 0 Å². The Labute approximate surface area is 183 Å². The van der Waals surface area contributed by atoms with Gasteiger partial charge in [-0.3, -0.25) is 4.79 Å². The molecule has 1 heterocycles. The molecule has 0 unspecified atom stereocenters. The van der Waals surface area contributed by atoms with Crippen LogP contribution in [-0.2, 0) is 36.0 Å². The fraction of sp³-hybridized carbons (Fsp3) is 0.400. The summed E-state index contributed by atoms with van der Waals surface area (Å²) in [5.41, 5.74) is 1.27. The topological polar surface area (TPSA) is 66.2 Å². The van der Waals surface area contributed by atoms with Gasteiger partial charge in [0.2, 0.25) is 0 Å². The number of carbonyl (C=O) groups excluding carboxylic acids is 1. The van der Waals surface area contributed by atoms with Crippen LogP contribution in [0.3, 0.4) is 0 Å². The van der Waals surface area contributed by atoms with Crippen LogP contribution in [0, 0.1) is 5.92 Å². The third kappa shape index (κ3) is 5.72. The second-order valence-electron chi connectivity index (χ2n) is 8.09. The van der Waals surface area contributed by atoms with Gasteiger partial charge in [-0.2, -0.15) is 0 Å². The highest BCUT2D eigenvalue weighted by atomic mass is 16.5. The summed E-state index contributed by atoms with van der Waals surface area (Å²) in [6.07, 6.45) is 5.17. The van der Waals surface area contributed by atoms with Gasteiger partial charge in [-0.15, -0.1) is 10.2 Å². The summed E-state index contributed by atoms with van der Waals surface area (Å²) >= 11 is 0. The first-order valence-corrected chi connectivity index (χ1v) is 11.0. The second kappa shape index (κ2) is 10.2. The number of ether oxygens (including phenoxy) is 2. The van der Waals surface area contributed by atoms with Crippen molar-refractivity contribution in [3.8, 4) is 5.75 Å². The quantitative estimate of drug-likeness (QED) is 0.510. The van der Waals surface area contributed by atoms with E-state index in [2.05, 4.69) is 22.3 Å². The molecule has 3 aromatic rings. The summed E-state index contributed by atoms with van der Waals surface area (Å²) in [5.74, 6) is 2.25. The molecule has 1 saturated carbocycles. The van der Waals surface area contributed by atoms with Crippen LogP contribution in [0.4, 0.5) is 0 Å². The van der Waals surface area contributed by atoms with Crippen LogP contribution in [0.5, 0.6) is 5.75 Å². The fourth-order valence-electron chi connectivity index (χ4n) is 4.00. The molecule has 4 rings (SSSR count). The van der Waals surface area contributed by atoms with Crippen molar-refractivity contribution < 1.29 is 14.3 Å². The van der Waals surface area contributed by atoms with E-state index in [0.29, 0.717) is 5.82 Å². The lowest BCUT2D eigenvalue weighted by Crippen LogP contribution is -2.29. The van der Waals surface area contributed by atoms with Gasteiger partial charge in [0.15, 0.2) is 12.4 Å². The molecule has 6 nitrogen and oxygen atoms in total. The Morgan fingerprint density at radius 3 is 2.26 bits per heavy atom. The molecule has 0 bridgehead atoms. The molecule has 1 aromatic heterocycles. The third-order valence-corrected chi connectivity index (χ3v) is 5.93. The van der Waals surface area contributed by atoms with E-state index in [4.69, 9.17) is 9.47 Å². The largest absolute Gasteiger partial charge is 0.490 e. The number of hydrogen-bond donors (Lipinski definition) is 0. The predicted octanol–water partition coefficient (Wildman–Crippen LogP) is 4.28. The summed E-state index contributed by atoms with van der Waals surface area (Å²) < 4.78 is 13.5. The molecule has 6 heteroatoms. The molecule has 1 aliphatic rings. The van der Waals surface area contributed by atoms with Gasteiger partial charge >= 0.3 is 5.97 Å². The van der Waals surface area contributed by atoms with Crippen molar-refractivity contribution in [2.75, 3.05) is 0 Å². The predicted molar refractivity (Wildman–Crippen MR) is 117 cm³/mol. The normalized spacial score (nSPS) is 18.5. The standard InChI is InChI=1S/C25H29N3O3/c1-28-23(17-12-19-8-4-2-5-9-19)26-27-24(28)18-30-25(29)20-13-15-22(16-14-20)31-21-10-6-3-7-11-21/h2-11,20,22H,12-18H2,1H3. The lowest BCUT2D eigenvalue weighted by Gasteiger charge is -2.27. The summed E-state index contributed by atoms with van der Waals surface area (Å²) in [4.78, 5) is 12.5. The van der Waals surface area contributed by atoms with Gasteiger partial charge in [0.05, 0.1) is 12.0 Å². The van der Waals surface area contributed by atoms with Gasteiger partial charge in [-0.25, -0.2) is 0 Å². The molecule has 0 N–H and O–H groups in total. The van der Waals surface area contributed by atoms with Crippen LogP contribution < -0.4 is 4.74 Å². The first-order chi connectivity index (χ1) is 15.2. The molecule has 0 atom stereocenters. The van der Waals surface area contributed by atoms with E-state index in [1.165, 1.54) is 5.56 Å². The van der Waals surface area contributed by atoms with Crippen LogP contribution in [0.25, 0.3) is 0 Å². The maximum absolute atomic E-state index is 12.5. The van der Waals surface area contributed by atoms with Crippen LogP contribution >= 0.6 is 0 Å². The number of rotatable bonds is 8. The lowest BCUT2D eigenvalue weighted by atomic mass is 9.87. The van der Waals surface area contributed by atoms with E-state index in [-0.39, 0.29) is 24.6 Å². The molecule has 2 aromatic carbocycles. The van der Waals surface area contributed by atoms with Crippen molar-refractivity contribution in [3.05, 3.63) is 77.9 Å². The zero-order valence-electron chi connectivity index (χ0n) is 17.9. The maximum atomic E-state index is 12.5. The first-order valence-electron chi connectivity index (χ1n) is 11.0. The zero-order chi connectivity index (χ0) is 21.5. The minimum atomic E-state index is -0.146. The molecule has 162 valence electrons. The van der Waals surface area contributed by atoms with Crippen LogP contribution in [0.2, 0.25) is 0 Å². The average Bonchev–Trinajstić information content (AvgIpc) is 3.17. The monoisotopic (exact) mass is 419 g/mol. The Hall–Kier alpha value is -3.15. The fourth-order valence-corrected chi connectivity index (χ4v) is 4.00. The Kier molecular flexibility index (Phi) is 6.97. The smallest absolute Gasteiger partial charge is 0.309 e. The summed E-state index contributed by atoms with van der Waals surface area (Å²) in [7, 11) is 1.93. The second-order valence-corrected chi connectivity index (χ2v) is 8.09. The molecule has 0 aliphatic heterocycles. The van der Waals surface area contributed by atoms with Gasteiger partial charge in [-0.1, -0.05) is 48.5 Å². The lowest BCUT2D eigenvalue weighted by molar-refractivity contribution is -0.151. The SMILES string of the molecule is Cn1c(CCc2ccccc2)nnc1COC(=O)C1CCC(Oc2ccccc2)CC1. The summed E-state index contributed by atoms with van der Waals surface area (Å²) in [6.45, 7) is 0.161. The van der Waals surface area contributed by atoms with Crippen molar-refractivity contribution in [1.29, 1.82) is 0 Å². The number of esters is 1. The van der Waals surface area contributed by atoms with Crippen LogP contribution in [0.1, 0.15) is 42.9 Å². The van der Waals surface area contributed by atoms with E-state index in [9.17, 15) is 4.79 Å². The van der Waals surface area contributed by atoms with Gasteiger partial charge in [-0.05, 0) is 49.8 Å². The van der Waals surface area contributed by atoms with Gasteiger partial charge in [0.1, 0.15) is 11.6 Å². The van der Waals surface area contributed by atoms with Crippen LogP contribution in [0.15, 0.2) is 60.7 Å². The van der Waals surface area contributed by atoms with E-state index in [0.717, 1.165) is 50.1 Å². The van der Waals surface area contributed by atoms with Gasteiger partial charge in [0.25, 0.3) is 0 Å². The minimum Gasteiger partial charge on any atom is -0.490 e. The molecule has 0 radical (unpaired) electrons. The molecule has 31 heavy (non-hydrogen) atoms. The average molecular weight is 420 g/mol. The highest BCUT2D eigenvalue weighted by molar-refractivity contribution is 5.72. The molecule has 0 spiro atoms. The summed E-state index contributed by atoms with van der Waals surface area (Å²) in [6, 6.07) is 20.2. The van der Waals surface area contributed by atoms with E-state index >= 15 is 0 Å². The van der Waals surface area contributed by atoms with Crippen molar-refractivity contribution in [2.24, 2.45) is 13.0 Å². The number of hydrogen-bond acceptors (Lipinski definition) is 5. The van der Waals surface area contributed by atoms with Crippen molar-refractivity contribution >= 4 is 5.97 Å². The van der Waals surface area contributed by atoms with Crippen molar-refractivity contribution in [2.45, 2.75) is 51.2 Å². The van der Waals surface area contributed by atoms with Crippen molar-refractivity contribution in [1.82, 2.24) is 14.8 Å². The first kappa shape index (κ1) is 21.1. The Morgan fingerprint density at radius 1 is 0.903 bits per heavy atom. The van der Waals surface area contributed by atoms with Crippen LogP contribution in [-0.4, -0.2) is 26.8 Å². The molecule has 1 fully saturated rings. The van der Waals surface area contributed by atoms with E-state index < -0.39 is 0 Å². The number of benzene rings is 2. The molecule has 0 amide bonds.